The second-order valence-electron chi connectivity index (χ2n) is 7.46. The maximum absolute atomic E-state index is 13.2. The smallest absolute Gasteiger partial charge is 0.255 e. The van der Waals surface area contributed by atoms with Crippen LogP contribution < -0.4 is 5.32 Å². The van der Waals surface area contributed by atoms with Crippen molar-refractivity contribution in [1.82, 2.24) is 4.90 Å². The molecule has 3 rings (SSSR count). The largest absolute Gasteiger partial charge is 0.322 e. The van der Waals surface area contributed by atoms with Gasteiger partial charge in [-0.15, -0.1) is 0 Å². The molecule has 0 bridgehead atoms. The van der Waals surface area contributed by atoms with E-state index in [1.165, 1.54) is 50.6 Å². The van der Waals surface area contributed by atoms with E-state index in [1.54, 1.807) is 13.0 Å². The second-order valence-corrected chi connectivity index (χ2v) is 7.87. The fraction of sp³-hybridized carbons (Fsp3) is 0.375. The van der Waals surface area contributed by atoms with Gasteiger partial charge in [-0.05, 0) is 81.2 Å². The first kappa shape index (κ1) is 29.4. The maximum atomic E-state index is 13.2. The monoisotopic (exact) mass is 468 g/mol. The summed E-state index contributed by atoms with van der Waals surface area (Å²) in [6, 6.07) is 7.84. The topological polar surface area (TPSA) is 66.5 Å². The van der Waals surface area contributed by atoms with E-state index < -0.39 is 17.5 Å². The summed E-state index contributed by atoms with van der Waals surface area (Å²) in [5.41, 5.74) is 1.18. The normalized spacial score (nSPS) is 15.4. The minimum Gasteiger partial charge on any atom is -0.322 e. The molecular formula is C24H31ClF2N2O3. The van der Waals surface area contributed by atoms with Gasteiger partial charge >= 0.3 is 0 Å². The van der Waals surface area contributed by atoms with Gasteiger partial charge in [-0.25, -0.2) is 8.78 Å². The van der Waals surface area contributed by atoms with Crippen LogP contribution in [-0.2, 0) is 9.59 Å². The average Bonchev–Trinajstić information content (AvgIpc) is 2.96. The molecule has 1 N–H and O–H groups in total. The molecule has 8 heteroatoms. The summed E-state index contributed by atoms with van der Waals surface area (Å²) in [5, 5.41) is 2.43. The fourth-order valence-corrected chi connectivity index (χ4v) is 3.41. The molecular weight excluding hydrogens is 438 g/mol. The Labute approximate surface area is 193 Å². The predicted molar refractivity (Wildman–Crippen MR) is 125 cm³/mol. The van der Waals surface area contributed by atoms with E-state index in [2.05, 4.69) is 24.2 Å². The lowest BCUT2D eigenvalue weighted by Crippen LogP contribution is -2.22. The number of rotatable bonds is 2. The number of carbonyl (C=O) groups excluding carboxylic acids is 3. The van der Waals surface area contributed by atoms with Crippen LogP contribution in [-0.4, -0.2) is 44.5 Å². The Hall–Kier alpha value is -2.64. The molecule has 1 atom stereocenters. The first-order chi connectivity index (χ1) is 15.2. The highest BCUT2D eigenvalue weighted by Crippen LogP contribution is 2.20. The Bertz CT molecular complexity index is 820. The third-order valence-corrected chi connectivity index (χ3v) is 4.88. The molecule has 2 aromatic rings. The standard InChI is InChI=1S/C14H10ClF2NO.C8H17N.2CH2O/c1-8-4-9(6-10(16)5-8)14(19)18-11-2-3-13(17)12(15)7-11;1-8-5-3-4-6-9(2)7-8;2*1-2/h2-7H,1H3,(H,18,19);8H,3-7H2,1-2H3;2*1H2. The fourth-order valence-electron chi connectivity index (χ4n) is 3.23. The summed E-state index contributed by atoms with van der Waals surface area (Å²) in [4.78, 5) is 30.3. The summed E-state index contributed by atoms with van der Waals surface area (Å²) in [7, 11) is 2.22. The Morgan fingerprint density at radius 3 is 2.34 bits per heavy atom. The van der Waals surface area contributed by atoms with Crippen LogP contribution in [0.1, 0.15) is 42.1 Å². The van der Waals surface area contributed by atoms with E-state index in [0.29, 0.717) is 11.3 Å². The highest BCUT2D eigenvalue weighted by atomic mass is 35.5. The van der Waals surface area contributed by atoms with Gasteiger partial charge in [-0.1, -0.05) is 24.9 Å². The van der Waals surface area contributed by atoms with Crippen molar-refractivity contribution < 1.29 is 23.2 Å². The SMILES string of the molecule is C=O.C=O.CC1CCCCN(C)C1.Cc1cc(F)cc(C(=O)Nc2ccc(F)c(Cl)c2)c1. The summed E-state index contributed by atoms with van der Waals surface area (Å²) in [6.45, 7) is 10.7. The van der Waals surface area contributed by atoms with Crippen molar-refractivity contribution >= 4 is 36.8 Å². The highest BCUT2D eigenvalue weighted by Gasteiger charge is 2.10. The molecule has 1 amide bonds. The lowest BCUT2D eigenvalue weighted by atomic mass is 10.1. The van der Waals surface area contributed by atoms with Crippen molar-refractivity contribution in [1.29, 1.82) is 0 Å². The number of nitrogens with one attached hydrogen (secondary N) is 1. The van der Waals surface area contributed by atoms with Crippen molar-refractivity contribution in [3.05, 3.63) is 64.2 Å². The average molecular weight is 469 g/mol. The molecule has 1 aliphatic rings. The van der Waals surface area contributed by atoms with Gasteiger partial charge in [0, 0.05) is 17.8 Å². The minimum absolute atomic E-state index is 0.0896. The maximum Gasteiger partial charge on any atom is 0.255 e. The van der Waals surface area contributed by atoms with Gasteiger partial charge in [-0.2, -0.15) is 0 Å². The van der Waals surface area contributed by atoms with Gasteiger partial charge in [0.1, 0.15) is 25.2 Å². The van der Waals surface area contributed by atoms with Gasteiger partial charge in [-0.3, -0.25) is 4.79 Å². The lowest BCUT2D eigenvalue weighted by Gasteiger charge is -2.15. The van der Waals surface area contributed by atoms with Crippen LogP contribution in [0.4, 0.5) is 14.5 Å². The van der Waals surface area contributed by atoms with Crippen molar-refractivity contribution in [2.75, 3.05) is 25.5 Å². The molecule has 0 aromatic heterocycles. The molecule has 176 valence electrons. The van der Waals surface area contributed by atoms with E-state index >= 15 is 0 Å². The highest BCUT2D eigenvalue weighted by molar-refractivity contribution is 6.31. The third kappa shape index (κ3) is 11.1. The Morgan fingerprint density at radius 2 is 1.75 bits per heavy atom. The van der Waals surface area contributed by atoms with Crippen LogP contribution in [0, 0.1) is 24.5 Å². The molecule has 2 aromatic carbocycles. The van der Waals surface area contributed by atoms with Crippen LogP contribution in [0.2, 0.25) is 5.02 Å². The molecule has 32 heavy (non-hydrogen) atoms. The number of halogens is 3. The van der Waals surface area contributed by atoms with E-state index in [1.807, 2.05) is 13.6 Å². The van der Waals surface area contributed by atoms with Crippen LogP contribution in [0.3, 0.4) is 0 Å². The summed E-state index contributed by atoms with van der Waals surface area (Å²) < 4.78 is 26.2. The minimum atomic E-state index is -0.568. The van der Waals surface area contributed by atoms with Crippen molar-refractivity contribution in [3.63, 3.8) is 0 Å². The number of amides is 1. The molecule has 1 heterocycles. The number of anilines is 1. The molecule has 0 spiro atoms. The molecule has 0 radical (unpaired) electrons. The van der Waals surface area contributed by atoms with Crippen molar-refractivity contribution in [2.24, 2.45) is 5.92 Å². The lowest BCUT2D eigenvalue weighted by molar-refractivity contribution is -0.0987. The zero-order valence-electron chi connectivity index (χ0n) is 18.8. The van der Waals surface area contributed by atoms with Gasteiger partial charge < -0.3 is 19.8 Å². The molecule has 5 nitrogen and oxygen atoms in total. The van der Waals surface area contributed by atoms with Crippen LogP contribution in [0.25, 0.3) is 0 Å². The number of hydrogen-bond donors (Lipinski definition) is 1. The number of hydrogen-bond acceptors (Lipinski definition) is 4. The van der Waals surface area contributed by atoms with Crippen molar-refractivity contribution in [2.45, 2.75) is 33.1 Å². The van der Waals surface area contributed by atoms with Gasteiger partial charge in [0.05, 0.1) is 5.02 Å². The Balaban J connectivity index is 0.000000619. The summed E-state index contributed by atoms with van der Waals surface area (Å²) in [5.74, 6) is -0.605. The number of benzene rings is 2. The van der Waals surface area contributed by atoms with Crippen molar-refractivity contribution in [3.8, 4) is 0 Å². The van der Waals surface area contributed by atoms with E-state index in [0.717, 1.165) is 18.1 Å². The van der Waals surface area contributed by atoms with E-state index in [-0.39, 0.29) is 10.6 Å². The number of carbonyl (C=O) groups is 3. The first-order valence-corrected chi connectivity index (χ1v) is 10.4. The van der Waals surface area contributed by atoms with E-state index in [9.17, 15) is 13.6 Å². The molecule has 1 unspecified atom stereocenters. The first-order valence-electron chi connectivity index (χ1n) is 10.0. The number of likely N-dealkylation sites (tertiary alicyclic amines) is 1. The third-order valence-electron chi connectivity index (χ3n) is 4.59. The van der Waals surface area contributed by atoms with Crippen LogP contribution in [0.5, 0.6) is 0 Å². The van der Waals surface area contributed by atoms with Crippen LogP contribution in [0.15, 0.2) is 36.4 Å². The zero-order valence-corrected chi connectivity index (χ0v) is 19.6. The molecule has 1 saturated heterocycles. The quantitative estimate of drug-likeness (QED) is 0.627. The van der Waals surface area contributed by atoms with E-state index in [4.69, 9.17) is 21.2 Å². The Kier molecular flexibility index (Phi) is 14.7. The predicted octanol–water partition coefficient (Wildman–Crippen LogP) is 5.55. The molecule has 1 aliphatic heterocycles. The van der Waals surface area contributed by atoms with Gasteiger partial charge in [0.25, 0.3) is 5.91 Å². The molecule has 0 saturated carbocycles. The molecule has 1 fully saturated rings. The van der Waals surface area contributed by atoms with Gasteiger partial charge in [0.2, 0.25) is 0 Å². The summed E-state index contributed by atoms with van der Waals surface area (Å²) >= 11 is 5.61. The second kappa shape index (κ2) is 16.1. The zero-order chi connectivity index (χ0) is 24.7. The van der Waals surface area contributed by atoms with Crippen LogP contribution >= 0.6 is 11.6 Å². The summed E-state index contributed by atoms with van der Waals surface area (Å²) in [6.07, 6.45) is 4.27. The van der Waals surface area contributed by atoms with Gasteiger partial charge in [0.15, 0.2) is 0 Å². The molecule has 0 aliphatic carbocycles. The number of aryl methyl sites for hydroxylation is 1. The Morgan fingerprint density at radius 1 is 1.09 bits per heavy atom. The number of nitrogens with zero attached hydrogens (tertiary/aromatic N) is 1.